The fourth-order valence-electron chi connectivity index (χ4n) is 2.26. The summed E-state index contributed by atoms with van der Waals surface area (Å²) in [6.45, 7) is 1.98. The van der Waals surface area contributed by atoms with Crippen LogP contribution in [-0.4, -0.2) is 24.1 Å². The molecule has 1 aromatic carbocycles. The lowest BCUT2D eigenvalue weighted by Gasteiger charge is -2.11. The van der Waals surface area contributed by atoms with Gasteiger partial charge in [-0.15, -0.1) is 0 Å². The van der Waals surface area contributed by atoms with Gasteiger partial charge in [0.05, 0.1) is 30.1 Å². The summed E-state index contributed by atoms with van der Waals surface area (Å²) < 4.78 is 31.8. The number of nitrogens with one attached hydrogen (secondary N) is 2. The van der Waals surface area contributed by atoms with E-state index in [-0.39, 0.29) is 11.9 Å². The smallest absolute Gasteiger partial charge is 0.232 e. The van der Waals surface area contributed by atoms with Gasteiger partial charge in [-0.1, -0.05) is 12.1 Å². The first-order chi connectivity index (χ1) is 9.61. The van der Waals surface area contributed by atoms with Gasteiger partial charge in [0.1, 0.15) is 6.10 Å². The number of fused-ring (bicyclic) bond motifs is 1. The summed E-state index contributed by atoms with van der Waals surface area (Å²) >= 11 is 0. The lowest BCUT2D eigenvalue weighted by atomic mass is 10.0. The molecule has 1 atom stereocenters. The number of benzene rings is 1. The number of imidazole rings is 1. The van der Waals surface area contributed by atoms with Crippen molar-refractivity contribution in [3.8, 4) is 0 Å². The molecule has 106 valence electrons. The van der Waals surface area contributed by atoms with Gasteiger partial charge in [0, 0.05) is 11.8 Å². The first-order valence-electron chi connectivity index (χ1n) is 6.33. The topological polar surface area (TPSA) is 84.1 Å². The van der Waals surface area contributed by atoms with Gasteiger partial charge in [-0.2, -0.15) is 0 Å². The molecule has 2 N–H and O–H groups in total. The largest absolute Gasteiger partial charge is 0.362 e. The maximum atomic E-state index is 11.7. The summed E-state index contributed by atoms with van der Waals surface area (Å²) in [6.07, 6.45) is 3.13. The van der Waals surface area contributed by atoms with Gasteiger partial charge in [0.15, 0.2) is 0 Å². The lowest BCUT2D eigenvalue weighted by molar-refractivity contribution is 0.0915. The minimum Gasteiger partial charge on any atom is -0.362 e. The van der Waals surface area contributed by atoms with Crippen LogP contribution in [0.5, 0.6) is 0 Å². The molecule has 0 spiro atoms. The maximum absolute atomic E-state index is 11.7. The molecule has 0 amide bonds. The molecule has 2 heterocycles. The van der Waals surface area contributed by atoms with Crippen LogP contribution < -0.4 is 4.72 Å². The van der Waals surface area contributed by atoms with Crippen molar-refractivity contribution in [2.45, 2.75) is 19.6 Å². The van der Waals surface area contributed by atoms with Crippen LogP contribution in [-0.2, 0) is 21.4 Å². The quantitative estimate of drug-likeness (QED) is 0.900. The molecule has 1 aliphatic rings. The average Bonchev–Trinajstić information content (AvgIpc) is 3.07. The van der Waals surface area contributed by atoms with E-state index in [9.17, 15) is 8.42 Å². The minimum atomic E-state index is -3.29. The second-order valence-electron chi connectivity index (χ2n) is 4.56. The first kappa shape index (κ1) is 13.1. The second kappa shape index (κ2) is 4.92. The van der Waals surface area contributed by atoms with E-state index in [0.717, 1.165) is 16.8 Å². The fraction of sp³-hybridized carbons (Fsp3) is 0.308. The van der Waals surface area contributed by atoms with Gasteiger partial charge in [-0.05, 0) is 18.6 Å². The lowest BCUT2D eigenvalue weighted by Crippen LogP contribution is -2.15. The Morgan fingerprint density at radius 2 is 2.35 bits per heavy atom. The zero-order valence-electron chi connectivity index (χ0n) is 11.0. The number of nitrogens with zero attached hydrogens (tertiary/aromatic N) is 1. The average molecular weight is 293 g/mol. The van der Waals surface area contributed by atoms with Crippen molar-refractivity contribution in [1.82, 2.24) is 9.97 Å². The third kappa shape index (κ3) is 2.30. The molecular formula is C13H15N3O3S. The molecule has 0 radical (unpaired) electrons. The SMILES string of the molecule is CCS(=O)(=O)Nc1cccc2c1COC2c1c[nH]cn1. The number of ether oxygens (including phenoxy) is 1. The van der Waals surface area contributed by atoms with Crippen molar-refractivity contribution < 1.29 is 13.2 Å². The van der Waals surface area contributed by atoms with Crippen molar-refractivity contribution in [3.63, 3.8) is 0 Å². The van der Waals surface area contributed by atoms with Gasteiger partial charge in [0.2, 0.25) is 10.0 Å². The van der Waals surface area contributed by atoms with Crippen LogP contribution in [0.3, 0.4) is 0 Å². The molecule has 7 heteroatoms. The number of sulfonamides is 1. The highest BCUT2D eigenvalue weighted by Gasteiger charge is 2.28. The Balaban J connectivity index is 1.98. The Bertz CT molecular complexity index is 710. The van der Waals surface area contributed by atoms with Crippen LogP contribution in [0.25, 0.3) is 0 Å². The van der Waals surface area contributed by atoms with E-state index in [4.69, 9.17) is 4.74 Å². The Hall–Kier alpha value is -1.86. The molecular weight excluding hydrogens is 278 g/mol. The molecule has 0 saturated carbocycles. The number of anilines is 1. The molecule has 2 aromatic rings. The van der Waals surface area contributed by atoms with E-state index >= 15 is 0 Å². The summed E-state index contributed by atoms with van der Waals surface area (Å²) in [5.41, 5.74) is 3.20. The van der Waals surface area contributed by atoms with Crippen LogP contribution >= 0.6 is 0 Å². The molecule has 6 nitrogen and oxygen atoms in total. The zero-order valence-corrected chi connectivity index (χ0v) is 11.8. The van der Waals surface area contributed by atoms with Gasteiger partial charge in [-0.25, -0.2) is 13.4 Å². The minimum absolute atomic E-state index is 0.0420. The van der Waals surface area contributed by atoms with Crippen LogP contribution in [0.2, 0.25) is 0 Å². The normalized spacial score (nSPS) is 17.9. The van der Waals surface area contributed by atoms with E-state index in [0.29, 0.717) is 12.3 Å². The molecule has 1 aliphatic heterocycles. The molecule has 0 saturated heterocycles. The maximum Gasteiger partial charge on any atom is 0.232 e. The molecule has 20 heavy (non-hydrogen) atoms. The molecule has 1 unspecified atom stereocenters. The summed E-state index contributed by atoms with van der Waals surface area (Å²) in [5, 5.41) is 0. The predicted molar refractivity (Wildman–Crippen MR) is 74.7 cm³/mol. The second-order valence-corrected chi connectivity index (χ2v) is 6.57. The Labute approximate surface area is 117 Å². The highest BCUT2D eigenvalue weighted by molar-refractivity contribution is 7.92. The van der Waals surface area contributed by atoms with E-state index in [1.54, 1.807) is 25.5 Å². The first-order valence-corrected chi connectivity index (χ1v) is 7.98. The summed E-state index contributed by atoms with van der Waals surface area (Å²) in [6, 6.07) is 5.51. The van der Waals surface area contributed by atoms with Crippen molar-refractivity contribution in [1.29, 1.82) is 0 Å². The Morgan fingerprint density at radius 1 is 1.50 bits per heavy atom. The van der Waals surface area contributed by atoms with Crippen LogP contribution in [0.4, 0.5) is 5.69 Å². The van der Waals surface area contributed by atoms with E-state index in [2.05, 4.69) is 14.7 Å². The van der Waals surface area contributed by atoms with E-state index in [1.807, 2.05) is 12.1 Å². The predicted octanol–water partition coefficient (Wildman–Crippen LogP) is 1.79. The third-order valence-electron chi connectivity index (χ3n) is 3.32. The van der Waals surface area contributed by atoms with E-state index < -0.39 is 10.0 Å². The van der Waals surface area contributed by atoms with Crippen molar-refractivity contribution in [3.05, 3.63) is 47.5 Å². The van der Waals surface area contributed by atoms with Crippen molar-refractivity contribution in [2.75, 3.05) is 10.5 Å². The van der Waals surface area contributed by atoms with Crippen LogP contribution in [0.15, 0.2) is 30.7 Å². The molecule has 1 aromatic heterocycles. The molecule has 0 fully saturated rings. The number of rotatable bonds is 4. The van der Waals surface area contributed by atoms with Crippen LogP contribution in [0, 0.1) is 0 Å². The summed E-state index contributed by atoms with van der Waals surface area (Å²) in [7, 11) is -3.29. The number of aromatic nitrogens is 2. The molecule has 3 rings (SSSR count). The Kier molecular flexibility index (Phi) is 3.23. The number of hydrogen-bond donors (Lipinski definition) is 2. The third-order valence-corrected chi connectivity index (χ3v) is 4.61. The number of H-pyrrole nitrogens is 1. The van der Waals surface area contributed by atoms with Gasteiger partial charge in [0.25, 0.3) is 0 Å². The molecule has 0 bridgehead atoms. The van der Waals surface area contributed by atoms with E-state index in [1.165, 1.54) is 0 Å². The van der Waals surface area contributed by atoms with Gasteiger partial charge in [-0.3, -0.25) is 4.72 Å². The highest BCUT2D eigenvalue weighted by atomic mass is 32.2. The number of hydrogen-bond acceptors (Lipinski definition) is 4. The summed E-state index contributed by atoms with van der Waals surface area (Å²) in [5.74, 6) is 0.0420. The zero-order chi connectivity index (χ0) is 14.2. The number of aromatic amines is 1. The van der Waals surface area contributed by atoms with Crippen molar-refractivity contribution in [2.24, 2.45) is 0 Å². The fourth-order valence-corrected chi connectivity index (χ4v) is 2.93. The molecule has 0 aliphatic carbocycles. The van der Waals surface area contributed by atoms with Gasteiger partial charge < -0.3 is 9.72 Å². The summed E-state index contributed by atoms with van der Waals surface area (Å²) in [4.78, 5) is 7.10. The Morgan fingerprint density at radius 3 is 3.05 bits per heavy atom. The van der Waals surface area contributed by atoms with Gasteiger partial charge >= 0.3 is 0 Å². The van der Waals surface area contributed by atoms with Crippen molar-refractivity contribution >= 4 is 15.7 Å². The van der Waals surface area contributed by atoms with Crippen LogP contribution in [0.1, 0.15) is 29.8 Å². The standard InChI is InChI=1S/C13H15N3O3S/c1-2-20(17,18)16-11-5-3-4-9-10(11)7-19-13(9)12-6-14-8-15-12/h3-6,8,13,16H,2,7H2,1H3,(H,14,15). The highest BCUT2D eigenvalue weighted by Crippen LogP contribution is 2.38. The monoisotopic (exact) mass is 293 g/mol.